The molecule has 0 saturated heterocycles. The Morgan fingerprint density at radius 3 is 2.93 bits per heavy atom. The molecule has 1 atom stereocenters. The van der Waals surface area contributed by atoms with Gasteiger partial charge >= 0.3 is 0 Å². The van der Waals surface area contributed by atoms with Crippen molar-refractivity contribution >= 4 is 40.5 Å². The maximum atomic E-state index is 5.82. The quantitative estimate of drug-likeness (QED) is 0.900. The minimum Gasteiger partial charge on any atom is -0.359 e. The van der Waals surface area contributed by atoms with Gasteiger partial charge in [-0.3, -0.25) is 0 Å². The van der Waals surface area contributed by atoms with E-state index in [-0.39, 0.29) is 6.04 Å². The van der Waals surface area contributed by atoms with Gasteiger partial charge in [0.15, 0.2) is 11.0 Å². The molecule has 14 heavy (non-hydrogen) atoms. The predicted molar refractivity (Wildman–Crippen MR) is 61.3 cm³/mol. The summed E-state index contributed by atoms with van der Waals surface area (Å²) < 4.78 is 7.95. The molecule has 0 spiro atoms. The average molecular weight is 246 g/mol. The van der Waals surface area contributed by atoms with Crippen LogP contribution in [0.4, 0.5) is 5.82 Å². The summed E-state index contributed by atoms with van der Waals surface area (Å²) >= 11 is 8.65. The van der Waals surface area contributed by atoms with E-state index in [1.54, 1.807) is 11.3 Å². The number of hydrogen-bond donors (Lipinski definition) is 1. The third-order valence-corrected chi connectivity index (χ3v) is 3.72. The number of rotatable bonds is 3. The van der Waals surface area contributed by atoms with Gasteiger partial charge in [-0.2, -0.15) is 8.75 Å². The second kappa shape index (κ2) is 4.25. The molecule has 2 rings (SSSR count). The van der Waals surface area contributed by atoms with Crippen molar-refractivity contribution in [3.8, 4) is 0 Å². The van der Waals surface area contributed by atoms with Crippen LogP contribution in [0.1, 0.15) is 17.8 Å². The Balaban J connectivity index is 2.09. The summed E-state index contributed by atoms with van der Waals surface area (Å²) in [7, 11) is 0. The number of halogens is 1. The SMILES string of the molecule is CC(Nc1nsnc1Cl)c1cccs1. The number of hydrogen-bond acceptors (Lipinski definition) is 5. The van der Waals surface area contributed by atoms with Gasteiger partial charge in [-0.15, -0.1) is 11.3 Å². The Morgan fingerprint density at radius 2 is 2.36 bits per heavy atom. The van der Waals surface area contributed by atoms with Crippen LogP contribution in [0.15, 0.2) is 17.5 Å². The Bertz CT molecular complexity index is 398. The van der Waals surface area contributed by atoms with Crippen LogP contribution in [-0.4, -0.2) is 8.75 Å². The first-order valence-electron chi connectivity index (χ1n) is 4.05. The molecule has 0 fully saturated rings. The minimum atomic E-state index is 0.219. The fourth-order valence-corrected chi connectivity index (χ4v) is 2.47. The van der Waals surface area contributed by atoms with Crippen LogP contribution in [0.3, 0.4) is 0 Å². The number of nitrogens with one attached hydrogen (secondary N) is 1. The van der Waals surface area contributed by atoms with Crippen molar-refractivity contribution in [2.24, 2.45) is 0 Å². The van der Waals surface area contributed by atoms with E-state index in [0.717, 1.165) is 11.7 Å². The predicted octanol–water partition coefficient (Wildman–Crippen LogP) is 3.43. The summed E-state index contributed by atoms with van der Waals surface area (Å²) in [6.45, 7) is 2.07. The highest BCUT2D eigenvalue weighted by atomic mass is 35.5. The fourth-order valence-electron chi connectivity index (χ4n) is 1.08. The van der Waals surface area contributed by atoms with Crippen LogP contribution in [0.5, 0.6) is 0 Å². The van der Waals surface area contributed by atoms with Crippen molar-refractivity contribution in [3.05, 3.63) is 27.5 Å². The zero-order valence-corrected chi connectivity index (χ0v) is 9.79. The summed E-state index contributed by atoms with van der Waals surface area (Å²) in [5.74, 6) is 0.664. The monoisotopic (exact) mass is 245 g/mol. The zero-order chi connectivity index (χ0) is 9.97. The highest BCUT2D eigenvalue weighted by molar-refractivity contribution is 7.10. The molecule has 0 radical (unpaired) electrons. The Morgan fingerprint density at radius 1 is 1.50 bits per heavy atom. The first-order chi connectivity index (χ1) is 6.77. The standard InChI is InChI=1S/C8H8ClN3S2/c1-5(6-3-2-4-13-6)10-8-7(9)11-14-12-8/h2-5H,1H3,(H,10,12). The van der Waals surface area contributed by atoms with Crippen LogP contribution < -0.4 is 5.32 Å². The van der Waals surface area contributed by atoms with Gasteiger partial charge in [-0.05, 0) is 18.4 Å². The van der Waals surface area contributed by atoms with Crippen molar-refractivity contribution in [3.63, 3.8) is 0 Å². The van der Waals surface area contributed by atoms with Crippen LogP contribution in [0.2, 0.25) is 5.15 Å². The molecule has 0 bridgehead atoms. The van der Waals surface area contributed by atoms with Crippen LogP contribution in [-0.2, 0) is 0 Å². The zero-order valence-electron chi connectivity index (χ0n) is 7.40. The van der Waals surface area contributed by atoms with Crippen molar-refractivity contribution in [1.29, 1.82) is 0 Å². The molecule has 2 aromatic rings. The first kappa shape index (κ1) is 9.89. The molecule has 2 aromatic heterocycles. The Hall–Kier alpha value is -0.650. The fraction of sp³-hybridized carbons (Fsp3) is 0.250. The molecule has 3 nitrogen and oxygen atoms in total. The van der Waals surface area contributed by atoms with Gasteiger partial charge < -0.3 is 5.32 Å². The molecule has 0 amide bonds. The molecule has 6 heteroatoms. The lowest BCUT2D eigenvalue weighted by molar-refractivity contribution is 0.901. The second-order valence-electron chi connectivity index (χ2n) is 2.79. The van der Waals surface area contributed by atoms with E-state index in [0.29, 0.717) is 11.0 Å². The number of nitrogens with zero attached hydrogens (tertiary/aromatic N) is 2. The number of aromatic nitrogens is 2. The molecular weight excluding hydrogens is 238 g/mol. The van der Waals surface area contributed by atoms with E-state index in [1.807, 2.05) is 6.07 Å². The molecule has 0 aromatic carbocycles. The summed E-state index contributed by atoms with van der Waals surface area (Å²) in [4.78, 5) is 1.26. The molecular formula is C8H8ClN3S2. The molecule has 0 saturated carbocycles. The molecule has 2 heterocycles. The lowest BCUT2D eigenvalue weighted by Crippen LogP contribution is -2.05. The van der Waals surface area contributed by atoms with Crippen molar-refractivity contribution in [2.45, 2.75) is 13.0 Å². The number of thiophene rings is 1. The smallest absolute Gasteiger partial charge is 0.186 e. The lowest BCUT2D eigenvalue weighted by atomic mass is 10.3. The summed E-state index contributed by atoms with van der Waals surface area (Å²) in [5.41, 5.74) is 0. The van der Waals surface area contributed by atoms with Gasteiger partial charge in [0.1, 0.15) is 0 Å². The molecule has 1 N–H and O–H groups in total. The molecule has 0 aliphatic rings. The van der Waals surface area contributed by atoms with E-state index >= 15 is 0 Å². The van der Waals surface area contributed by atoms with E-state index in [9.17, 15) is 0 Å². The van der Waals surface area contributed by atoms with Crippen LogP contribution in [0, 0.1) is 0 Å². The van der Waals surface area contributed by atoms with Gasteiger partial charge in [-0.25, -0.2) is 0 Å². The number of anilines is 1. The van der Waals surface area contributed by atoms with Gasteiger partial charge in [-0.1, -0.05) is 17.7 Å². The third-order valence-electron chi connectivity index (χ3n) is 1.77. The first-order valence-corrected chi connectivity index (χ1v) is 6.04. The van der Waals surface area contributed by atoms with E-state index in [4.69, 9.17) is 11.6 Å². The Kier molecular flexibility index (Phi) is 3.00. The highest BCUT2D eigenvalue weighted by Gasteiger charge is 2.10. The van der Waals surface area contributed by atoms with Gasteiger partial charge in [0.25, 0.3) is 0 Å². The van der Waals surface area contributed by atoms with E-state index in [2.05, 4.69) is 32.4 Å². The van der Waals surface area contributed by atoms with Crippen molar-refractivity contribution in [1.82, 2.24) is 8.75 Å². The van der Waals surface area contributed by atoms with Gasteiger partial charge in [0.05, 0.1) is 17.8 Å². The second-order valence-corrected chi connectivity index (χ2v) is 4.65. The maximum Gasteiger partial charge on any atom is 0.186 e. The van der Waals surface area contributed by atoms with Gasteiger partial charge in [0.2, 0.25) is 0 Å². The van der Waals surface area contributed by atoms with Gasteiger partial charge in [0, 0.05) is 4.88 Å². The topological polar surface area (TPSA) is 37.8 Å². The summed E-state index contributed by atoms with van der Waals surface area (Å²) in [6, 6.07) is 4.33. The van der Waals surface area contributed by atoms with E-state index in [1.165, 1.54) is 4.88 Å². The lowest BCUT2D eigenvalue weighted by Gasteiger charge is -2.10. The van der Waals surface area contributed by atoms with Crippen LogP contribution in [0.25, 0.3) is 0 Å². The third kappa shape index (κ3) is 2.05. The maximum absolute atomic E-state index is 5.82. The van der Waals surface area contributed by atoms with Crippen LogP contribution >= 0.6 is 34.7 Å². The largest absolute Gasteiger partial charge is 0.359 e. The summed E-state index contributed by atoms with van der Waals surface area (Å²) in [5, 5.41) is 5.70. The average Bonchev–Trinajstić information content (AvgIpc) is 2.77. The molecule has 0 aliphatic carbocycles. The Labute approximate surface area is 95.1 Å². The molecule has 0 aliphatic heterocycles. The van der Waals surface area contributed by atoms with E-state index < -0.39 is 0 Å². The highest BCUT2D eigenvalue weighted by Crippen LogP contribution is 2.25. The molecule has 1 unspecified atom stereocenters. The van der Waals surface area contributed by atoms with Crippen molar-refractivity contribution in [2.75, 3.05) is 5.32 Å². The minimum absolute atomic E-state index is 0.219. The summed E-state index contributed by atoms with van der Waals surface area (Å²) in [6.07, 6.45) is 0. The van der Waals surface area contributed by atoms with Crippen molar-refractivity contribution < 1.29 is 0 Å². The normalized spacial score (nSPS) is 12.7. The molecule has 74 valence electrons.